The van der Waals surface area contributed by atoms with Gasteiger partial charge in [0.2, 0.25) is 0 Å². The molecule has 2 aliphatic heterocycles. The summed E-state index contributed by atoms with van der Waals surface area (Å²) in [4.78, 5) is 6.95. The second-order valence-corrected chi connectivity index (χ2v) is 8.23. The lowest BCUT2D eigenvalue weighted by atomic mass is 9.66. The molecule has 25 heavy (non-hydrogen) atoms. The molecule has 0 aromatic carbocycles. The summed E-state index contributed by atoms with van der Waals surface area (Å²) in [6, 6.07) is 4.93. The molecule has 138 valence electrons. The van der Waals surface area contributed by atoms with Gasteiger partial charge in [0.25, 0.3) is 0 Å². The maximum absolute atomic E-state index is 6.08. The molecule has 1 aromatic rings. The van der Waals surface area contributed by atoms with E-state index >= 15 is 0 Å². The van der Waals surface area contributed by atoms with Gasteiger partial charge in [-0.15, -0.1) is 0 Å². The molecule has 1 aromatic heterocycles. The topological polar surface area (TPSA) is 34.6 Å². The molecule has 4 heteroatoms. The monoisotopic (exact) mass is 344 g/mol. The van der Waals surface area contributed by atoms with Gasteiger partial charge in [0, 0.05) is 31.0 Å². The highest BCUT2D eigenvalue weighted by atomic mass is 16.5. The summed E-state index contributed by atoms with van der Waals surface area (Å²) in [5.41, 5.74) is 1.60. The van der Waals surface area contributed by atoms with Crippen LogP contribution >= 0.6 is 0 Å². The molecule has 0 unspecified atom stereocenters. The van der Waals surface area contributed by atoms with Crippen LogP contribution in [0.1, 0.15) is 50.5 Å². The fourth-order valence-corrected chi connectivity index (χ4v) is 5.17. The number of piperidine rings is 1. The summed E-state index contributed by atoms with van der Waals surface area (Å²) in [7, 11) is 0. The minimum atomic E-state index is 0.447. The van der Waals surface area contributed by atoms with E-state index < -0.39 is 0 Å². The molecule has 1 aliphatic carbocycles. The molecule has 1 atom stereocenters. The van der Waals surface area contributed by atoms with Gasteiger partial charge in [-0.25, -0.2) is 0 Å². The number of likely N-dealkylation sites (tertiary alicyclic amines) is 1. The van der Waals surface area contributed by atoms with E-state index in [0.29, 0.717) is 17.9 Å². The standard InChI is InChI=1S/C21H32N2O2/c1-2-6-20(5-1)23-11-7-21(8-12-23)9-13-24-16-19(21)17-25-15-18-4-3-10-22-14-18/h3-4,10,14,19-20H,1-2,5-9,11-13,15-17H2/t19-/m0/s1. The Bertz CT molecular complexity index is 522. The first kappa shape index (κ1) is 17.4. The van der Waals surface area contributed by atoms with Crippen LogP contribution in [-0.4, -0.2) is 48.8 Å². The molecule has 2 saturated heterocycles. The van der Waals surface area contributed by atoms with Crippen LogP contribution in [0, 0.1) is 11.3 Å². The van der Waals surface area contributed by atoms with Crippen LogP contribution in [0.3, 0.4) is 0 Å². The molecular weight excluding hydrogens is 312 g/mol. The molecule has 4 nitrogen and oxygen atoms in total. The second-order valence-electron chi connectivity index (χ2n) is 8.23. The number of hydrogen-bond donors (Lipinski definition) is 0. The second kappa shape index (κ2) is 8.15. The summed E-state index contributed by atoms with van der Waals surface area (Å²) in [6.07, 6.45) is 13.3. The molecule has 0 N–H and O–H groups in total. The Hall–Kier alpha value is -0.970. The zero-order valence-electron chi connectivity index (χ0n) is 15.4. The van der Waals surface area contributed by atoms with E-state index in [1.165, 1.54) is 58.0 Å². The van der Waals surface area contributed by atoms with Gasteiger partial charge < -0.3 is 14.4 Å². The fourth-order valence-electron chi connectivity index (χ4n) is 5.17. The molecule has 0 radical (unpaired) electrons. The first-order valence-electron chi connectivity index (χ1n) is 10.1. The normalized spacial score (nSPS) is 27.8. The van der Waals surface area contributed by atoms with Crippen LogP contribution in [0.15, 0.2) is 24.5 Å². The molecule has 0 amide bonds. The summed E-state index contributed by atoms with van der Waals surface area (Å²) >= 11 is 0. The highest BCUT2D eigenvalue weighted by molar-refractivity contribution is 5.06. The van der Waals surface area contributed by atoms with Crippen molar-refractivity contribution in [2.24, 2.45) is 11.3 Å². The zero-order valence-corrected chi connectivity index (χ0v) is 15.4. The van der Waals surface area contributed by atoms with Gasteiger partial charge >= 0.3 is 0 Å². The van der Waals surface area contributed by atoms with Gasteiger partial charge in [0.15, 0.2) is 0 Å². The Labute approximate surface area is 151 Å². The van der Waals surface area contributed by atoms with Crippen LogP contribution < -0.4 is 0 Å². The molecule has 3 fully saturated rings. The van der Waals surface area contributed by atoms with Gasteiger partial charge in [0.1, 0.15) is 0 Å². The number of hydrogen-bond acceptors (Lipinski definition) is 4. The van der Waals surface area contributed by atoms with Crippen LogP contribution in [0.5, 0.6) is 0 Å². The van der Waals surface area contributed by atoms with Crippen LogP contribution in [0.2, 0.25) is 0 Å². The van der Waals surface area contributed by atoms with Gasteiger partial charge in [-0.3, -0.25) is 4.98 Å². The van der Waals surface area contributed by atoms with Crippen molar-refractivity contribution in [1.82, 2.24) is 9.88 Å². The van der Waals surface area contributed by atoms with E-state index in [1.807, 2.05) is 18.5 Å². The van der Waals surface area contributed by atoms with Gasteiger partial charge in [-0.2, -0.15) is 0 Å². The van der Waals surface area contributed by atoms with Crippen molar-refractivity contribution >= 4 is 0 Å². The van der Waals surface area contributed by atoms with Crippen molar-refractivity contribution in [3.63, 3.8) is 0 Å². The Kier molecular flexibility index (Phi) is 5.69. The Morgan fingerprint density at radius 1 is 1.20 bits per heavy atom. The molecule has 3 aliphatic rings. The van der Waals surface area contributed by atoms with Gasteiger partial charge in [-0.1, -0.05) is 18.9 Å². The van der Waals surface area contributed by atoms with Crippen molar-refractivity contribution in [3.05, 3.63) is 30.1 Å². The predicted molar refractivity (Wildman–Crippen MR) is 98.3 cm³/mol. The first-order valence-corrected chi connectivity index (χ1v) is 10.1. The van der Waals surface area contributed by atoms with E-state index in [-0.39, 0.29) is 0 Å². The summed E-state index contributed by atoms with van der Waals surface area (Å²) in [6.45, 7) is 5.85. The summed E-state index contributed by atoms with van der Waals surface area (Å²) in [5.74, 6) is 0.545. The molecule has 1 saturated carbocycles. The SMILES string of the molecule is c1cncc(COC[C@@H]2COCCC23CCN(C2CCCC2)CC3)c1. The number of rotatable bonds is 5. The molecular formula is C21H32N2O2. The maximum Gasteiger partial charge on any atom is 0.0731 e. The number of ether oxygens (including phenoxy) is 2. The van der Waals surface area contributed by atoms with Crippen molar-refractivity contribution in [2.75, 3.05) is 32.9 Å². The largest absolute Gasteiger partial charge is 0.381 e. The minimum Gasteiger partial charge on any atom is -0.381 e. The lowest BCUT2D eigenvalue weighted by Crippen LogP contribution is -2.51. The third-order valence-electron chi connectivity index (χ3n) is 6.87. The minimum absolute atomic E-state index is 0.447. The van der Waals surface area contributed by atoms with E-state index in [9.17, 15) is 0 Å². The fraction of sp³-hybridized carbons (Fsp3) is 0.762. The van der Waals surface area contributed by atoms with Gasteiger partial charge in [0.05, 0.1) is 19.8 Å². The number of aromatic nitrogens is 1. The Balaban J connectivity index is 1.31. The number of pyridine rings is 1. The lowest BCUT2D eigenvalue weighted by Gasteiger charge is -2.50. The molecule has 4 rings (SSSR count). The van der Waals surface area contributed by atoms with Crippen LogP contribution in [-0.2, 0) is 16.1 Å². The van der Waals surface area contributed by atoms with Crippen LogP contribution in [0.25, 0.3) is 0 Å². The molecule has 1 spiro atoms. The van der Waals surface area contributed by atoms with Crippen molar-refractivity contribution in [2.45, 2.75) is 57.6 Å². The highest BCUT2D eigenvalue weighted by Crippen LogP contribution is 2.45. The smallest absolute Gasteiger partial charge is 0.0731 e. The predicted octanol–water partition coefficient (Wildman–Crippen LogP) is 3.66. The zero-order chi connectivity index (χ0) is 17.0. The Morgan fingerprint density at radius 2 is 2.04 bits per heavy atom. The van der Waals surface area contributed by atoms with Crippen LogP contribution in [0.4, 0.5) is 0 Å². The molecule has 0 bridgehead atoms. The highest BCUT2D eigenvalue weighted by Gasteiger charge is 2.44. The van der Waals surface area contributed by atoms with E-state index in [0.717, 1.165) is 31.4 Å². The van der Waals surface area contributed by atoms with E-state index in [4.69, 9.17) is 9.47 Å². The van der Waals surface area contributed by atoms with Crippen molar-refractivity contribution in [1.29, 1.82) is 0 Å². The van der Waals surface area contributed by atoms with Gasteiger partial charge in [-0.05, 0) is 62.2 Å². The van der Waals surface area contributed by atoms with E-state index in [2.05, 4.69) is 16.0 Å². The maximum atomic E-state index is 6.08. The third kappa shape index (κ3) is 4.07. The number of nitrogens with zero attached hydrogens (tertiary/aromatic N) is 2. The summed E-state index contributed by atoms with van der Waals surface area (Å²) < 4.78 is 11.9. The molecule has 3 heterocycles. The van der Waals surface area contributed by atoms with E-state index in [1.54, 1.807) is 0 Å². The average molecular weight is 344 g/mol. The third-order valence-corrected chi connectivity index (χ3v) is 6.87. The van der Waals surface area contributed by atoms with Crippen molar-refractivity contribution < 1.29 is 9.47 Å². The summed E-state index contributed by atoms with van der Waals surface area (Å²) in [5, 5.41) is 0. The van der Waals surface area contributed by atoms with Crippen molar-refractivity contribution in [3.8, 4) is 0 Å². The lowest BCUT2D eigenvalue weighted by molar-refractivity contribution is -0.105. The average Bonchev–Trinajstić information content (AvgIpc) is 3.20. The Morgan fingerprint density at radius 3 is 2.80 bits per heavy atom. The quantitative estimate of drug-likeness (QED) is 0.816. The first-order chi connectivity index (χ1) is 12.4.